The standard InChI is InChI=1S/C24H22F2N4O2/c25-17-4-1-14(2-5-17)12-29-23(31)15-3-8-22(28-13-15)19-9-16(10-21(26)20(19)11-27)24(32)30-18-6-7-18/h1-5,8-10,13,18H,6-7,11-12,27H2,(H,29,31)(H,30,32). The number of nitrogens with two attached hydrogens (primary N) is 1. The molecule has 6 nitrogen and oxygen atoms in total. The summed E-state index contributed by atoms with van der Waals surface area (Å²) in [5.74, 6) is -1.61. The van der Waals surface area contributed by atoms with Gasteiger partial charge in [0.2, 0.25) is 0 Å². The number of halogens is 2. The summed E-state index contributed by atoms with van der Waals surface area (Å²) in [7, 11) is 0. The van der Waals surface area contributed by atoms with Crippen molar-refractivity contribution in [2.75, 3.05) is 0 Å². The molecule has 1 saturated carbocycles. The van der Waals surface area contributed by atoms with Crippen LogP contribution in [0.2, 0.25) is 0 Å². The van der Waals surface area contributed by atoms with Gasteiger partial charge in [0, 0.05) is 42.0 Å². The van der Waals surface area contributed by atoms with Crippen LogP contribution >= 0.6 is 0 Å². The number of hydrogen-bond donors (Lipinski definition) is 3. The van der Waals surface area contributed by atoms with Gasteiger partial charge in [-0.1, -0.05) is 12.1 Å². The zero-order valence-electron chi connectivity index (χ0n) is 17.2. The lowest BCUT2D eigenvalue weighted by Crippen LogP contribution is -2.25. The minimum atomic E-state index is -0.575. The largest absolute Gasteiger partial charge is 0.349 e. The van der Waals surface area contributed by atoms with Crippen molar-refractivity contribution in [1.29, 1.82) is 0 Å². The summed E-state index contributed by atoms with van der Waals surface area (Å²) >= 11 is 0. The molecule has 3 aromatic rings. The van der Waals surface area contributed by atoms with Gasteiger partial charge in [-0.25, -0.2) is 8.78 Å². The Morgan fingerprint density at radius 1 is 1.00 bits per heavy atom. The van der Waals surface area contributed by atoms with Gasteiger partial charge in [-0.05, 0) is 54.8 Å². The Balaban J connectivity index is 1.52. The van der Waals surface area contributed by atoms with Crippen LogP contribution in [-0.4, -0.2) is 22.8 Å². The molecular weight excluding hydrogens is 414 g/mol. The molecule has 1 aliphatic rings. The van der Waals surface area contributed by atoms with E-state index in [1.54, 1.807) is 30.3 Å². The number of carbonyl (C=O) groups excluding carboxylic acids is 2. The summed E-state index contributed by atoms with van der Waals surface area (Å²) in [4.78, 5) is 29.1. The first-order chi connectivity index (χ1) is 15.4. The smallest absolute Gasteiger partial charge is 0.253 e. The van der Waals surface area contributed by atoms with Crippen molar-refractivity contribution < 1.29 is 18.4 Å². The Morgan fingerprint density at radius 3 is 2.38 bits per heavy atom. The maximum atomic E-state index is 14.6. The minimum absolute atomic E-state index is 0.0622. The number of pyridine rings is 1. The minimum Gasteiger partial charge on any atom is -0.349 e. The molecule has 0 radical (unpaired) electrons. The fourth-order valence-electron chi connectivity index (χ4n) is 3.27. The molecule has 4 rings (SSSR count). The number of carbonyl (C=O) groups is 2. The highest BCUT2D eigenvalue weighted by atomic mass is 19.1. The molecule has 0 saturated heterocycles. The molecular formula is C24H22F2N4O2. The zero-order chi connectivity index (χ0) is 22.7. The highest BCUT2D eigenvalue weighted by molar-refractivity contribution is 5.96. The molecule has 1 aliphatic carbocycles. The predicted octanol–water partition coefficient (Wildman–Crippen LogP) is 3.31. The van der Waals surface area contributed by atoms with E-state index in [-0.39, 0.29) is 47.9 Å². The molecule has 2 aromatic carbocycles. The third-order valence-corrected chi connectivity index (χ3v) is 5.24. The number of nitrogens with zero attached hydrogens (tertiary/aromatic N) is 1. The van der Waals surface area contributed by atoms with E-state index in [0.29, 0.717) is 16.8 Å². The molecule has 0 spiro atoms. The summed E-state index contributed by atoms with van der Waals surface area (Å²) in [6.07, 6.45) is 3.23. The van der Waals surface area contributed by atoms with E-state index >= 15 is 0 Å². The summed E-state index contributed by atoms with van der Waals surface area (Å²) in [6, 6.07) is 11.9. The molecule has 32 heavy (non-hydrogen) atoms. The first kappa shape index (κ1) is 21.6. The van der Waals surface area contributed by atoms with Gasteiger partial charge in [0.15, 0.2) is 0 Å². The van der Waals surface area contributed by atoms with Crippen molar-refractivity contribution in [2.45, 2.75) is 32.0 Å². The Labute approximate surface area is 183 Å². The van der Waals surface area contributed by atoms with Crippen LogP contribution in [0, 0.1) is 11.6 Å². The molecule has 0 atom stereocenters. The van der Waals surface area contributed by atoms with Crippen LogP contribution in [0.4, 0.5) is 8.78 Å². The Hall–Kier alpha value is -3.65. The number of hydrogen-bond acceptors (Lipinski definition) is 4. The molecule has 1 heterocycles. The van der Waals surface area contributed by atoms with E-state index < -0.39 is 5.82 Å². The highest BCUT2D eigenvalue weighted by Crippen LogP contribution is 2.27. The zero-order valence-corrected chi connectivity index (χ0v) is 17.2. The van der Waals surface area contributed by atoms with Crippen LogP contribution in [-0.2, 0) is 13.1 Å². The second-order valence-corrected chi connectivity index (χ2v) is 7.68. The Bertz CT molecular complexity index is 1140. The number of amides is 2. The lowest BCUT2D eigenvalue weighted by atomic mass is 9.99. The Morgan fingerprint density at radius 2 is 1.75 bits per heavy atom. The topological polar surface area (TPSA) is 97.1 Å². The first-order valence-corrected chi connectivity index (χ1v) is 10.3. The van der Waals surface area contributed by atoms with Gasteiger partial charge in [0.05, 0.1) is 11.3 Å². The molecule has 1 aromatic heterocycles. The molecule has 2 amide bonds. The van der Waals surface area contributed by atoms with Gasteiger partial charge < -0.3 is 16.4 Å². The van der Waals surface area contributed by atoms with E-state index in [1.165, 1.54) is 24.4 Å². The van der Waals surface area contributed by atoms with E-state index in [1.807, 2.05) is 0 Å². The van der Waals surface area contributed by atoms with Crippen LogP contribution in [0.5, 0.6) is 0 Å². The predicted molar refractivity (Wildman–Crippen MR) is 116 cm³/mol. The molecule has 8 heteroatoms. The number of rotatable bonds is 7. The van der Waals surface area contributed by atoms with Gasteiger partial charge >= 0.3 is 0 Å². The highest BCUT2D eigenvalue weighted by Gasteiger charge is 2.25. The monoisotopic (exact) mass is 436 g/mol. The van der Waals surface area contributed by atoms with Crippen LogP contribution in [0.1, 0.15) is 44.7 Å². The molecule has 4 N–H and O–H groups in total. The average molecular weight is 436 g/mol. The maximum Gasteiger partial charge on any atom is 0.253 e. The van der Waals surface area contributed by atoms with Crippen molar-refractivity contribution in [3.8, 4) is 11.3 Å². The van der Waals surface area contributed by atoms with Crippen LogP contribution in [0.3, 0.4) is 0 Å². The van der Waals surface area contributed by atoms with Gasteiger partial charge in [-0.15, -0.1) is 0 Å². The van der Waals surface area contributed by atoms with Crippen molar-refractivity contribution >= 4 is 11.8 Å². The summed E-state index contributed by atoms with van der Waals surface area (Å²) in [5, 5.41) is 5.58. The number of benzene rings is 2. The van der Waals surface area contributed by atoms with E-state index in [9.17, 15) is 18.4 Å². The van der Waals surface area contributed by atoms with Crippen LogP contribution in [0.25, 0.3) is 11.3 Å². The van der Waals surface area contributed by atoms with E-state index in [2.05, 4.69) is 15.6 Å². The van der Waals surface area contributed by atoms with E-state index in [0.717, 1.165) is 18.4 Å². The van der Waals surface area contributed by atoms with Crippen molar-refractivity contribution in [3.63, 3.8) is 0 Å². The van der Waals surface area contributed by atoms with Gasteiger partial charge in [0.25, 0.3) is 11.8 Å². The summed E-state index contributed by atoms with van der Waals surface area (Å²) in [6.45, 7) is 0.175. The quantitative estimate of drug-likeness (QED) is 0.529. The SMILES string of the molecule is NCc1c(F)cc(C(=O)NC2CC2)cc1-c1ccc(C(=O)NCc2ccc(F)cc2)cn1. The fourth-order valence-corrected chi connectivity index (χ4v) is 3.27. The second-order valence-electron chi connectivity index (χ2n) is 7.68. The third-order valence-electron chi connectivity index (χ3n) is 5.24. The van der Waals surface area contributed by atoms with Gasteiger partial charge in [0.1, 0.15) is 11.6 Å². The van der Waals surface area contributed by atoms with Crippen LogP contribution in [0.15, 0.2) is 54.7 Å². The average Bonchev–Trinajstić information content (AvgIpc) is 3.62. The lowest BCUT2D eigenvalue weighted by molar-refractivity contribution is 0.0942. The van der Waals surface area contributed by atoms with Crippen molar-refractivity contribution in [3.05, 3.63) is 88.6 Å². The van der Waals surface area contributed by atoms with Gasteiger partial charge in [-0.2, -0.15) is 0 Å². The van der Waals surface area contributed by atoms with Crippen molar-refractivity contribution in [1.82, 2.24) is 15.6 Å². The third kappa shape index (κ3) is 4.97. The summed E-state index contributed by atoms with van der Waals surface area (Å²) in [5.41, 5.74) is 8.06. The second kappa shape index (κ2) is 9.23. The fraction of sp³-hybridized carbons (Fsp3) is 0.208. The molecule has 0 bridgehead atoms. The number of nitrogens with one attached hydrogen (secondary N) is 2. The van der Waals surface area contributed by atoms with Crippen molar-refractivity contribution in [2.24, 2.45) is 5.73 Å². The van der Waals surface area contributed by atoms with E-state index in [4.69, 9.17) is 5.73 Å². The summed E-state index contributed by atoms with van der Waals surface area (Å²) < 4.78 is 27.6. The Kier molecular flexibility index (Phi) is 6.23. The lowest BCUT2D eigenvalue weighted by Gasteiger charge is -2.12. The number of aromatic nitrogens is 1. The normalized spacial score (nSPS) is 13.0. The molecule has 1 fully saturated rings. The molecule has 0 aliphatic heterocycles. The molecule has 0 unspecified atom stereocenters. The molecule has 164 valence electrons. The maximum absolute atomic E-state index is 14.6. The first-order valence-electron chi connectivity index (χ1n) is 10.3. The van der Waals surface area contributed by atoms with Crippen LogP contribution < -0.4 is 16.4 Å². The van der Waals surface area contributed by atoms with Gasteiger partial charge in [-0.3, -0.25) is 14.6 Å².